The minimum Gasteiger partial charge on any atom is -0.492 e. The number of para-hydroxylation sites is 2. The first kappa shape index (κ1) is 20.1. The van der Waals surface area contributed by atoms with Gasteiger partial charge in [-0.25, -0.2) is 0 Å². The fourth-order valence-electron chi connectivity index (χ4n) is 2.81. The Hall–Kier alpha value is -3.17. The summed E-state index contributed by atoms with van der Waals surface area (Å²) in [6.45, 7) is 2.52. The average Bonchev–Trinajstić information content (AvgIpc) is 3.22. The summed E-state index contributed by atoms with van der Waals surface area (Å²) in [6.07, 6.45) is 1.73. The molecule has 30 heavy (non-hydrogen) atoms. The molecule has 4 aromatic rings. The first-order valence-corrected chi connectivity index (χ1v) is 11.1. The Morgan fingerprint density at radius 2 is 1.93 bits per heavy atom. The smallest absolute Gasteiger partial charge is 0.234 e. The largest absolute Gasteiger partial charge is 0.492 e. The molecule has 0 aliphatic carbocycles. The van der Waals surface area contributed by atoms with Crippen molar-refractivity contribution < 1.29 is 9.53 Å². The van der Waals surface area contributed by atoms with Gasteiger partial charge in [-0.1, -0.05) is 41.3 Å². The summed E-state index contributed by atoms with van der Waals surface area (Å²) in [5.74, 6) is 0.886. The van der Waals surface area contributed by atoms with Crippen LogP contribution in [0.1, 0.15) is 6.92 Å². The third-order valence-electron chi connectivity index (χ3n) is 4.08. The highest BCUT2D eigenvalue weighted by Gasteiger charge is 2.11. The number of hydrogen-bond donors (Lipinski definition) is 2. The SMILES string of the molecule is CCOc1ccccc1Nc1nnc(SCC(=O)Nc2cccc3ncccc23)s1. The summed E-state index contributed by atoms with van der Waals surface area (Å²) < 4.78 is 6.32. The van der Waals surface area contributed by atoms with Gasteiger partial charge in [0, 0.05) is 11.6 Å². The number of anilines is 3. The molecule has 0 unspecified atom stereocenters. The molecule has 0 aliphatic rings. The lowest BCUT2D eigenvalue weighted by Crippen LogP contribution is -2.14. The van der Waals surface area contributed by atoms with Crippen LogP contribution in [-0.4, -0.2) is 33.4 Å². The number of carbonyl (C=O) groups excluding carboxylic acids is 1. The lowest BCUT2D eigenvalue weighted by Gasteiger charge is -2.09. The number of rotatable bonds is 8. The number of hydrogen-bond acceptors (Lipinski definition) is 8. The molecular formula is C21H19N5O2S2. The van der Waals surface area contributed by atoms with E-state index in [0.717, 1.165) is 28.0 Å². The molecule has 0 saturated carbocycles. The monoisotopic (exact) mass is 437 g/mol. The van der Waals surface area contributed by atoms with E-state index >= 15 is 0 Å². The first-order valence-electron chi connectivity index (χ1n) is 9.31. The van der Waals surface area contributed by atoms with Crippen LogP contribution < -0.4 is 15.4 Å². The number of thioether (sulfide) groups is 1. The molecule has 0 spiro atoms. The van der Waals surface area contributed by atoms with Gasteiger partial charge in [0.2, 0.25) is 11.0 Å². The van der Waals surface area contributed by atoms with Gasteiger partial charge in [0.25, 0.3) is 0 Å². The molecule has 2 N–H and O–H groups in total. The molecule has 2 aromatic carbocycles. The average molecular weight is 438 g/mol. The number of ether oxygens (including phenoxy) is 1. The van der Waals surface area contributed by atoms with Gasteiger partial charge in [0.1, 0.15) is 5.75 Å². The van der Waals surface area contributed by atoms with Gasteiger partial charge in [0.15, 0.2) is 4.34 Å². The topological polar surface area (TPSA) is 89.0 Å². The van der Waals surface area contributed by atoms with Crippen molar-refractivity contribution in [1.29, 1.82) is 0 Å². The van der Waals surface area contributed by atoms with Gasteiger partial charge in [-0.15, -0.1) is 10.2 Å². The zero-order chi connectivity index (χ0) is 20.8. The van der Waals surface area contributed by atoms with Crippen molar-refractivity contribution in [2.24, 2.45) is 0 Å². The minimum atomic E-state index is -0.109. The van der Waals surface area contributed by atoms with Gasteiger partial charge >= 0.3 is 0 Å². The third-order valence-corrected chi connectivity index (χ3v) is 6.05. The van der Waals surface area contributed by atoms with Crippen LogP contribution in [0.4, 0.5) is 16.5 Å². The molecule has 0 bridgehead atoms. The molecule has 0 saturated heterocycles. The summed E-state index contributed by atoms with van der Waals surface area (Å²) in [6, 6.07) is 17.1. The summed E-state index contributed by atoms with van der Waals surface area (Å²) >= 11 is 2.73. The Morgan fingerprint density at radius 3 is 2.83 bits per heavy atom. The summed E-state index contributed by atoms with van der Waals surface area (Å²) in [7, 11) is 0. The Morgan fingerprint density at radius 1 is 1.07 bits per heavy atom. The Bertz CT molecular complexity index is 1160. The van der Waals surface area contributed by atoms with Crippen LogP contribution in [0, 0.1) is 0 Å². The highest BCUT2D eigenvalue weighted by atomic mass is 32.2. The Balaban J connectivity index is 1.36. The maximum atomic E-state index is 12.4. The van der Waals surface area contributed by atoms with E-state index in [1.165, 1.54) is 23.1 Å². The lowest BCUT2D eigenvalue weighted by molar-refractivity contribution is -0.113. The third kappa shape index (κ3) is 4.87. The number of aromatic nitrogens is 3. The van der Waals surface area contributed by atoms with Gasteiger partial charge in [-0.2, -0.15) is 0 Å². The normalized spacial score (nSPS) is 10.7. The number of pyridine rings is 1. The van der Waals surface area contributed by atoms with Crippen molar-refractivity contribution in [1.82, 2.24) is 15.2 Å². The fourth-order valence-corrected chi connectivity index (χ4v) is 4.38. The molecular weight excluding hydrogens is 418 g/mol. The lowest BCUT2D eigenvalue weighted by atomic mass is 10.2. The number of fused-ring (bicyclic) bond motifs is 1. The van der Waals surface area contributed by atoms with E-state index in [1.54, 1.807) is 6.20 Å². The molecule has 0 aliphatic heterocycles. The zero-order valence-electron chi connectivity index (χ0n) is 16.2. The second-order valence-corrected chi connectivity index (χ2v) is 8.34. The number of nitrogens with one attached hydrogen (secondary N) is 2. The zero-order valence-corrected chi connectivity index (χ0v) is 17.8. The van der Waals surface area contributed by atoms with Gasteiger partial charge in [0.05, 0.1) is 29.3 Å². The molecule has 152 valence electrons. The summed E-state index contributed by atoms with van der Waals surface area (Å²) in [4.78, 5) is 16.7. The second-order valence-electron chi connectivity index (χ2n) is 6.14. The quantitative estimate of drug-likeness (QED) is 0.377. The van der Waals surface area contributed by atoms with E-state index < -0.39 is 0 Å². The molecule has 0 radical (unpaired) electrons. The van der Waals surface area contributed by atoms with Crippen LogP contribution >= 0.6 is 23.1 Å². The van der Waals surface area contributed by atoms with Crippen LogP contribution in [0.3, 0.4) is 0 Å². The first-order chi connectivity index (χ1) is 14.7. The Kier molecular flexibility index (Phi) is 6.41. The molecule has 1 amide bonds. The Labute approximate surface area is 181 Å². The predicted octanol–water partition coefficient (Wildman–Crippen LogP) is 4.96. The van der Waals surface area contributed by atoms with Crippen molar-refractivity contribution >= 4 is 56.4 Å². The van der Waals surface area contributed by atoms with Crippen molar-refractivity contribution in [3.05, 3.63) is 60.8 Å². The van der Waals surface area contributed by atoms with Crippen LogP contribution in [0.15, 0.2) is 65.1 Å². The van der Waals surface area contributed by atoms with Gasteiger partial charge in [-0.05, 0) is 43.3 Å². The second kappa shape index (κ2) is 9.55. The maximum Gasteiger partial charge on any atom is 0.234 e. The van der Waals surface area contributed by atoms with Gasteiger partial charge < -0.3 is 15.4 Å². The number of amides is 1. The van der Waals surface area contributed by atoms with Crippen molar-refractivity contribution in [3.8, 4) is 5.75 Å². The minimum absolute atomic E-state index is 0.109. The molecule has 9 heteroatoms. The summed E-state index contributed by atoms with van der Waals surface area (Å²) in [5, 5.41) is 16.0. The molecule has 2 heterocycles. The number of benzene rings is 2. The molecule has 4 rings (SSSR count). The van der Waals surface area contributed by atoms with E-state index in [-0.39, 0.29) is 11.7 Å². The molecule has 0 atom stereocenters. The van der Waals surface area contributed by atoms with Crippen LogP contribution in [-0.2, 0) is 4.79 Å². The molecule has 2 aromatic heterocycles. The van der Waals surface area contributed by atoms with Crippen LogP contribution in [0.25, 0.3) is 10.9 Å². The number of carbonyl (C=O) groups is 1. The highest BCUT2D eigenvalue weighted by molar-refractivity contribution is 8.01. The standard InChI is InChI=1S/C21H19N5O2S2/c1-2-28-18-11-4-3-8-17(18)24-20-25-26-21(30-20)29-13-19(27)23-16-10-5-9-15-14(16)7-6-12-22-15/h3-12H,2,13H2,1H3,(H,23,27)(H,24,25). The van der Waals surface area contributed by atoms with E-state index in [1.807, 2.05) is 61.5 Å². The summed E-state index contributed by atoms with van der Waals surface area (Å²) in [5.41, 5.74) is 2.42. The fraction of sp³-hybridized carbons (Fsp3) is 0.143. The van der Waals surface area contributed by atoms with E-state index in [9.17, 15) is 4.79 Å². The highest BCUT2D eigenvalue weighted by Crippen LogP contribution is 2.31. The molecule has 0 fully saturated rings. The van der Waals surface area contributed by atoms with Crippen molar-refractivity contribution in [2.45, 2.75) is 11.3 Å². The van der Waals surface area contributed by atoms with E-state index in [4.69, 9.17) is 4.74 Å². The van der Waals surface area contributed by atoms with Crippen LogP contribution in [0.5, 0.6) is 5.75 Å². The molecule has 7 nitrogen and oxygen atoms in total. The number of nitrogens with zero attached hydrogens (tertiary/aromatic N) is 3. The van der Waals surface area contributed by atoms with Crippen LogP contribution in [0.2, 0.25) is 0 Å². The van der Waals surface area contributed by atoms with E-state index in [0.29, 0.717) is 16.1 Å². The van der Waals surface area contributed by atoms with Crippen molar-refractivity contribution in [3.63, 3.8) is 0 Å². The maximum absolute atomic E-state index is 12.4. The predicted molar refractivity (Wildman–Crippen MR) is 122 cm³/mol. The van der Waals surface area contributed by atoms with Gasteiger partial charge in [-0.3, -0.25) is 9.78 Å². The van der Waals surface area contributed by atoms with E-state index in [2.05, 4.69) is 25.8 Å². The van der Waals surface area contributed by atoms with Crippen molar-refractivity contribution in [2.75, 3.05) is 23.0 Å².